The van der Waals surface area contributed by atoms with Gasteiger partial charge in [-0.1, -0.05) is 123 Å². The van der Waals surface area contributed by atoms with Crippen molar-refractivity contribution in [1.82, 2.24) is 0 Å². The molecule has 464 valence electrons. The molecule has 12 aromatic carbocycles. The molecule has 0 aromatic heterocycles. The van der Waals surface area contributed by atoms with Crippen LogP contribution in [0.4, 0.5) is 52.7 Å². The smallest absolute Gasteiger partial charge is 0.416 e. The van der Waals surface area contributed by atoms with Gasteiger partial charge in [-0.15, -0.1) is 138 Å². The molecule has 0 N–H and O–H groups in total. The van der Waals surface area contributed by atoms with Gasteiger partial charge in [0.1, 0.15) is 0 Å². The minimum Gasteiger partial charge on any atom is -1.00 e. The monoisotopic (exact) mass is 1640 g/mol. The number of benzene rings is 8. The molecule has 90 heavy (non-hydrogen) atoms. The number of alkyl halides is 12. The molecule has 0 aliphatic rings. The molecule has 0 amide bonds. The van der Waals surface area contributed by atoms with Gasteiger partial charge < -0.3 is 24.8 Å². The topological polar surface area (TPSA) is 0 Å². The third-order valence-corrected chi connectivity index (χ3v) is 13.7. The third-order valence-electron chi connectivity index (χ3n) is 13.7. The summed E-state index contributed by atoms with van der Waals surface area (Å²) in [5.41, 5.74) is 9.70. The van der Waals surface area contributed by atoms with Crippen LogP contribution in [0.5, 0.6) is 0 Å². The van der Waals surface area contributed by atoms with E-state index < -0.39 is 47.0 Å². The quantitative estimate of drug-likeness (QED) is 0.0936. The molecule has 12 aromatic rings. The van der Waals surface area contributed by atoms with E-state index in [9.17, 15) is 52.7 Å². The predicted molar refractivity (Wildman–Crippen MR) is 334 cm³/mol. The van der Waals surface area contributed by atoms with Crippen LogP contribution >= 0.6 is 0 Å². The Morgan fingerprint density at radius 1 is 0.278 bits per heavy atom. The average molecular weight is 1640 g/mol. The zero-order valence-electron chi connectivity index (χ0n) is 50.1. The first-order chi connectivity index (χ1) is 41.3. The summed E-state index contributed by atoms with van der Waals surface area (Å²) in [6.45, 7) is 17.4. The minimum atomic E-state index is -4.29. The van der Waals surface area contributed by atoms with Crippen LogP contribution in [0.15, 0.2) is 218 Å². The van der Waals surface area contributed by atoms with E-state index in [0.717, 1.165) is 158 Å². The second-order valence-corrected chi connectivity index (χ2v) is 47.2. The number of fused-ring (bicyclic) bond motifs is 4. The predicted octanol–water partition coefficient (Wildman–Crippen LogP) is 17.8. The van der Waals surface area contributed by atoms with Crippen molar-refractivity contribution in [2.24, 2.45) is 0 Å². The summed E-state index contributed by atoms with van der Waals surface area (Å²) in [4.78, 5) is 0. The van der Waals surface area contributed by atoms with Crippen LogP contribution < -0.4 is 24.8 Å². The number of hydrogen-bond donors (Lipinski definition) is 0. The summed E-state index contributed by atoms with van der Waals surface area (Å²) in [5.74, 6) is 0. The minimum absolute atomic E-state index is 0. The number of rotatable bonds is 4. The first-order valence-electron chi connectivity index (χ1n) is 27.6. The van der Waals surface area contributed by atoms with Crippen LogP contribution in [0, 0.1) is 27.7 Å². The molecular weight excluding hydrogens is 1580 g/mol. The summed E-state index contributed by atoms with van der Waals surface area (Å²) < 4.78 is 151. The van der Waals surface area contributed by atoms with E-state index in [-0.39, 0.29) is 35.8 Å². The first kappa shape index (κ1) is 74.8. The molecule has 0 bridgehead atoms. The van der Waals surface area contributed by atoms with Crippen molar-refractivity contribution in [2.75, 3.05) is 0 Å². The molecule has 0 fully saturated rings. The molecule has 18 heteroatoms. The van der Waals surface area contributed by atoms with Crippen LogP contribution in [0.3, 0.4) is 0 Å². The molecular formula is C72H60Cl2F12Hf2Si2-2. The Morgan fingerprint density at radius 3 is 0.578 bits per heavy atom. The number of halogens is 14. The fraction of sp³-hybridized carbons (Fsp3) is 0.167. The van der Waals surface area contributed by atoms with Crippen molar-refractivity contribution in [2.45, 2.75) is 78.6 Å². The van der Waals surface area contributed by atoms with Gasteiger partial charge in [0.15, 0.2) is 0 Å². The van der Waals surface area contributed by atoms with Crippen molar-refractivity contribution in [3.05, 3.63) is 263 Å². The van der Waals surface area contributed by atoms with Crippen molar-refractivity contribution in [1.29, 1.82) is 0 Å². The average Bonchev–Trinajstić information content (AvgIpc) is 3.44. The molecule has 0 unspecified atom stereocenters. The number of hydrogen-bond acceptors (Lipinski definition) is 0. The summed E-state index contributed by atoms with van der Waals surface area (Å²) in [6, 6.07) is 61.3. The summed E-state index contributed by atoms with van der Waals surface area (Å²) in [7, 11) is 0. The molecule has 0 saturated heterocycles. The molecule has 0 nitrogen and oxygen atoms in total. The maximum absolute atomic E-state index is 12.6. The Bertz CT molecular complexity index is 3760. The van der Waals surface area contributed by atoms with Gasteiger partial charge in [0.05, 0.1) is 22.3 Å². The maximum Gasteiger partial charge on any atom is 0.416 e. The van der Waals surface area contributed by atoms with Crippen molar-refractivity contribution >= 4 is 54.1 Å². The maximum atomic E-state index is 12.6. The fourth-order valence-electron chi connectivity index (χ4n) is 9.90. The molecule has 12 rings (SSSR count). The zero-order valence-corrected chi connectivity index (χ0v) is 60.8. The van der Waals surface area contributed by atoms with Crippen molar-refractivity contribution in [3.8, 4) is 44.5 Å². The molecule has 0 atom stereocenters. The van der Waals surface area contributed by atoms with Crippen LogP contribution in [-0.2, 0) is 70.7 Å². The summed E-state index contributed by atoms with van der Waals surface area (Å²) in [6.07, 6.45) is -17.2. The largest absolute Gasteiger partial charge is 1.00 e. The van der Waals surface area contributed by atoms with Gasteiger partial charge >= 0.3 is 108 Å². The van der Waals surface area contributed by atoms with E-state index in [1.54, 1.807) is 0 Å². The van der Waals surface area contributed by atoms with E-state index in [1.807, 2.05) is 100 Å². The molecule has 0 aliphatic carbocycles. The van der Waals surface area contributed by atoms with E-state index in [4.69, 9.17) is 0 Å². The molecule has 0 heterocycles. The van der Waals surface area contributed by atoms with Gasteiger partial charge in [-0.2, -0.15) is 77.0 Å². The normalized spacial score (nSPS) is 11.3. The SMILES string of the molecule is C[Si](C)=[Hf+2].C[Si](C)=[Hf+2].Cc1cc2c(-c3ccc(C(F)(F)F)cc3)cccc2[cH-]1.Cc1cc2c(-c3ccc(C(F)(F)F)cc3)cccc2[cH-]1.Cc1cc2c(-c3ccc(C(F)(F)F)cc3)cccc2[cH-]1.Cc1cc2c(-c3ccc(C(F)(F)F)cc3)cccc2[cH-]1.[Cl-].[Cl-]. The van der Waals surface area contributed by atoms with Crippen LogP contribution in [0.1, 0.15) is 44.5 Å². The van der Waals surface area contributed by atoms with E-state index in [1.165, 1.54) is 94.5 Å². The summed E-state index contributed by atoms with van der Waals surface area (Å²) >= 11 is 2.90. The Labute approximate surface area is 558 Å². The van der Waals surface area contributed by atoms with Crippen molar-refractivity contribution < 1.29 is 123 Å². The third kappa shape index (κ3) is 20.6. The van der Waals surface area contributed by atoms with Gasteiger partial charge in [0.25, 0.3) is 0 Å². The van der Waals surface area contributed by atoms with Crippen LogP contribution in [-0.4, -0.2) is 11.0 Å². The van der Waals surface area contributed by atoms with E-state index in [2.05, 4.69) is 74.7 Å². The molecule has 0 aliphatic heterocycles. The van der Waals surface area contributed by atoms with Crippen LogP contribution in [0.25, 0.3) is 87.6 Å². The van der Waals surface area contributed by atoms with Gasteiger partial charge in [-0.3, -0.25) is 0 Å². The number of aryl methyl sites for hydroxylation is 4. The molecule has 0 radical (unpaired) electrons. The standard InChI is InChI=1S/4C17H12F3.2C2H6Si.2ClH.2Hf/c4*1-11-9-13-3-2-4-15(16(13)10-11)12-5-7-14(8-6-12)17(18,19)20;2*1-3-2;;;;/h4*2-10H,1H3;2*1-2H3;2*1H;;/q4*-1;;;;;2*+2/p-2. The second-order valence-electron chi connectivity index (χ2n) is 21.7. The molecule has 0 spiro atoms. The van der Waals surface area contributed by atoms with Gasteiger partial charge in [-0.25, -0.2) is 0 Å². The zero-order chi connectivity index (χ0) is 64.5. The van der Waals surface area contributed by atoms with Gasteiger partial charge in [-0.05, 0) is 70.8 Å². The van der Waals surface area contributed by atoms with E-state index in [0.29, 0.717) is 0 Å². The fourth-order valence-corrected chi connectivity index (χ4v) is 9.90. The molecule has 0 saturated carbocycles. The Kier molecular flexibility index (Phi) is 26.7. The van der Waals surface area contributed by atoms with Gasteiger partial charge in [0.2, 0.25) is 0 Å². The Balaban J connectivity index is 0.000000208. The Morgan fingerprint density at radius 2 is 0.433 bits per heavy atom. The summed E-state index contributed by atoms with van der Waals surface area (Å²) in [5, 5.41) is 8.74. The Hall–Kier alpha value is -5.89. The van der Waals surface area contributed by atoms with E-state index >= 15 is 0 Å². The second kappa shape index (κ2) is 32.1. The van der Waals surface area contributed by atoms with Crippen molar-refractivity contribution in [3.63, 3.8) is 0 Å². The first-order valence-corrected chi connectivity index (χ1v) is 43.4. The van der Waals surface area contributed by atoms with Gasteiger partial charge in [0, 0.05) is 0 Å². The van der Waals surface area contributed by atoms with Crippen LogP contribution in [0.2, 0.25) is 26.2 Å².